The number of ether oxygens (including phenoxy) is 1. The van der Waals surface area contributed by atoms with Crippen LogP contribution in [0.2, 0.25) is 0 Å². The Morgan fingerprint density at radius 2 is 1.96 bits per heavy atom. The molecule has 1 aliphatic rings. The van der Waals surface area contributed by atoms with Crippen LogP contribution >= 0.6 is 0 Å². The van der Waals surface area contributed by atoms with Crippen LogP contribution in [0.15, 0.2) is 54.9 Å². The van der Waals surface area contributed by atoms with Crippen LogP contribution in [0.5, 0.6) is 5.75 Å². The first kappa shape index (κ1) is 16.5. The first-order valence-electron chi connectivity index (χ1n) is 8.22. The molecule has 2 aromatic rings. The van der Waals surface area contributed by atoms with Gasteiger partial charge in [0.05, 0.1) is 13.0 Å². The Hall–Kier alpha value is -2.40. The molecular weight excluding hydrogens is 304 g/mol. The molecule has 5 heteroatoms. The summed E-state index contributed by atoms with van der Waals surface area (Å²) in [6.07, 6.45) is 5.11. The van der Waals surface area contributed by atoms with E-state index in [1.807, 2.05) is 42.5 Å². The first-order chi connectivity index (χ1) is 11.6. The highest BCUT2D eigenvalue weighted by Gasteiger charge is 2.36. The topological polar surface area (TPSA) is 62.7 Å². The fourth-order valence-corrected chi connectivity index (χ4v) is 2.96. The number of piperidine rings is 1. The molecule has 1 saturated heterocycles. The predicted molar refractivity (Wildman–Crippen MR) is 90.6 cm³/mol. The second-order valence-electron chi connectivity index (χ2n) is 6.28. The van der Waals surface area contributed by atoms with E-state index in [1.54, 1.807) is 17.3 Å². The molecular formula is C19H22N2O3. The highest BCUT2D eigenvalue weighted by atomic mass is 16.5. The van der Waals surface area contributed by atoms with E-state index < -0.39 is 5.60 Å². The molecule has 5 nitrogen and oxygen atoms in total. The molecule has 0 bridgehead atoms. The van der Waals surface area contributed by atoms with E-state index >= 15 is 0 Å². The maximum Gasteiger partial charge on any atom is 0.227 e. The molecule has 1 amide bonds. The van der Waals surface area contributed by atoms with E-state index in [-0.39, 0.29) is 12.5 Å². The van der Waals surface area contributed by atoms with Gasteiger partial charge in [-0.1, -0.05) is 18.2 Å². The second-order valence-corrected chi connectivity index (χ2v) is 6.28. The number of pyridine rings is 1. The molecule has 24 heavy (non-hydrogen) atoms. The van der Waals surface area contributed by atoms with Crippen LogP contribution in [0.3, 0.4) is 0 Å². The molecule has 126 valence electrons. The Kier molecular flexibility index (Phi) is 5.11. The molecule has 1 atom stereocenters. The number of aromatic nitrogens is 1. The second kappa shape index (κ2) is 7.45. The van der Waals surface area contributed by atoms with Crippen LogP contribution in [-0.2, 0) is 11.2 Å². The number of hydrogen-bond donors (Lipinski definition) is 1. The van der Waals surface area contributed by atoms with Crippen LogP contribution in [-0.4, -0.2) is 46.2 Å². The molecule has 1 N–H and O–H groups in total. The Labute approximate surface area is 141 Å². The van der Waals surface area contributed by atoms with Crippen molar-refractivity contribution < 1.29 is 14.6 Å². The average Bonchev–Trinajstić information content (AvgIpc) is 2.62. The molecule has 1 aliphatic heterocycles. The van der Waals surface area contributed by atoms with E-state index in [0.29, 0.717) is 25.9 Å². The molecule has 0 saturated carbocycles. The number of carbonyl (C=O) groups excluding carboxylic acids is 1. The largest absolute Gasteiger partial charge is 0.491 e. The van der Waals surface area contributed by atoms with Crippen molar-refractivity contribution in [3.05, 3.63) is 60.4 Å². The standard InChI is InChI=1S/C19H22N2O3/c22-18(13-16-7-10-20-11-8-16)21-12-4-9-19(23,14-21)15-24-17-5-2-1-3-6-17/h1-3,5-8,10-11,23H,4,9,12-15H2/t19-/m0/s1. The molecule has 0 spiro atoms. The summed E-state index contributed by atoms with van der Waals surface area (Å²) in [5.74, 6) is 0.755. The Morgan fingerprint density at radius 3 is 2.71 bits per heavy atom. The van der Waals surface area contributed by atoms with Crippen molar-refractivity contribution in [1.29, 1.82) is 0 Å². The number of aliphatic hydroxyl groups is 1. The van der Waals surface area contributed by atoms with Crippen LogP contribution in [0, 0.1) is 0 Å². The van der Waals surface area contributed by atoms with Crippen molar-refractivity contribution in [3.8, 4) is 5.75 Å². The molecule has 1 aromatic carbocycles. The predicted octanol–water partition coefficient (Wildman–Crippen LogP) is 2.06. The quantitative estimate of drug-likeness (QED) is 0.913. The van der Waals surface area contributed by atoms with E-state index in [0.717, 1.165) is 17.7 Å². The summed E-state index contributed by atoms with van der Waals surface area (Å²) in [5, 5.41) is 10.8. The third-order valence-electron chi connectivity index (χ3n) is 4.26. The minimum atomic E-state index is -0.998. The van der Waals surface area contributed by atoms with Gasteiger partial charge < -0.3 is 14.7 Å². The number of nitrogens with zero attached hydrogens (tertiary/aromatic N) is 2. The van der Waals surface area contributed by atoms with Gasteiger partial charge in [-0.2, -0.15) is 0 Å². The molecule has 0 radical (unpaired) electrons. The van der Waals surface area contributed by atoms with Gasteiger partial charge in [0.1, 0.15) is 18.0 Å². The van der Waals surface area contributed by atoms with Gasteiger partial charge in [-0.25, -0.2) is 0 Å². The number of amides is 1. The average molecular weight is 326 g/mol. The van der Waals surface area contributed by atoms with E-state index in [9.17, 15) is 9.90 Å². The minimum absolute atomic E-state index is 0.0269. The highest BCUT2D eigenvalue weighted by Crippen LogP contribution is 2.23. The smallest absolute Gasteiger partial charge is 0.227 e. The highest BCUT2D eigenvalue weighted by molar-refractivity contribution is 5.78. The van der Waals surface area contributed by atoms with Gasteiger partial charge in [-0.15, -0.1) is 0 Å². The summed E-state index contributed by atoms with van der Waals surface area (Å²) in [7, 11) is 0. The van der Waals surface area contributed by atoms with Gasteiger partial charge in [0.2, 0.25) is 5.91 Å². The summed E-state index contributed by atoms with van der Waals surface area (Å²) in [6, 6.07) is 13.1. The molecule has 3 rings (SSSR count). The zero-order valence-corrected chi connectivity index (χ0v) is 13.6. The SMILES string of the molecule is O=C(Cc1ccncc1)N1CCC[C@@](O)(COc2ccccc2)C1. The van der Waals surface area contributed by atoms with Crippen molar-refractivity contribution in [2.75, 3.05) is 19.7 Å². The van der Waals surface area contributed by atoms with Crippen LogP contribution in [0.4, 0.5) is 0 Å². The lowest BCUT2D eigenvalue weighted by Crippen LogP contribution is -2.53. The fourth-order valence-electron chi connectivity index (χ4n) is 2.96. The van der Waals surface area contributed by atoms with Gasteiger partial charge in [-0.3, -0.25) is 9.78 Å². The number of β-amino-alcohol motifs (C(OH)–C–C–N with tert-alkyl or cyclic N) is 1. The zero-order chi connectivity index (χ0) is 16.8. The van der Waals surface area contributed by atoms with Crippen molar-refractivity contribution in [1.82, 2.24) is 9.88 Å². The zero-order valence-electron chi connectivity index (χ0n) is 13.6. The van der Waals surface area contributed by atoms with E-state index in [4.69, 9.17) is 4.74 Å². The number of rotatable bonds is 5. The summed E-state index contributed by atoms with van der Waals surface area (Å²) < 4.78 is 5.70. The Bertz CT molecular complexity index is 663. The molecule has 1 aromatic heterocycles. The number of carbonyl (C=O) groups is 1. The normalized spacial score (nSPS) is 20.6. The van der Waals surface area contributed by atoms with Gasteiger partial charge in [0.15, 0.2) is 0 Å². The number of para-hydroxylation sites is 1. The van der Waals surface area contributed by atoms with E-state index in [1.165, 1.54) is 0 Å². The van der Waals surface area contributed by atoms with Gasteiger partial charge in [0.25, 0.3) is 0 Å². The molecule has 0 aliphatic carbocycles. The lowest BCUT2D eigenvalue weighted by atomic mass is 9.93. The summed E-state index contributed by atoms with van der Waals surface area (Å²) >= 11 is 0. The molecule has 2 heterocycles. The Morgan fingerprint density at radius 1 is 1.21 bits per heavy atom. The van der Waals surface area contributed by atoms with Crippen LogP contribution in [0.1, 0.15) is 18.4 Å². The van der Waals surface area contributed by atoms with Gasteiger partial charge >= 0.3 is 0 Å². The Balaban J connectivity index is 1.57. The molecule has 1 fully saturated rings. The maximum absolute atomic E-state index is 12.5. The number of benzene rings is 1. The third-order valence-corrected chi connectivity index (χ3v) is 4.26. The van der Waals surface area contributed by atoms with Gasteiger partial charge in [0, 0.05) is 18.9 Å². The third kappa shape index (κ3) is 4.32. The lowest BCUT2D eigenvalue weighted by molar-refractivity contribution is -0.139. The summed E-state index contributed by atoms with van der Waals surface area (Å²) in [6.45, 7) is 1.18. The monoisotopic (exact) mass is 326 g/mol. The number of hydrogen-bond acceptors (Lipinski definition) is 4. The molecule has 0 unspecified atom stereocenters. The summed E-state index contributed by atoms with van der Waals surface area (Å²) in [5.41, 5.74) is -0.0632. The van der Waals surface area contributed by atoms with Gasteiger partial charge in [-0.05, 0) is 42.7 Å². The van der Waals surface area contributed by atoms with Crippen molar-refractivity contribution in [2.45, 2.75) is 24.9 Å². The fraction of sp³-hybridized carbons (Fsp3) is 0.368. The van der Waals surface area contributed by atoms with Crippen molar-refractivity contribution >= 4 is 5.91 Å². The van der Waals surface area contributed by atoms with Crippen LogP contribution in [0.25, 0.3) is 0 Å². The maximum atomic E-state index is 12.5. The summed E-state index contributed by atoms with van der Waals surface area (Å²) in [4.78, 5) is 18.2. The minimum Gasteiger partial charge on any atom is -0.491 e. The van der Waals surface area contributed by atoms with E-state index in [2.05, 4.69) is 4.98 Å². The first-order valence-corrected chi connectivity index (χ1v) is 8.22. The van der Waals surface area contributed by atoms with Crippen molar-refractivity contribution in [2.24, 2.45) is 0 Å². The van der Waals surface area contributed by atoms with Crippen molar-refractivity contribution in [3.63, 3.8) is 0 Å². The lowest BCUT2D eigenvalue weighted by Gasteiger charge is -2.39. The number of likely N-dealkylation sites (tertiary alicyclic amines) is 1. The van der Waals surface area contributed by atoms with Crippen LogP contribution < -0.4 is 4.74 Å².